The van der Waals surface area contributed by atoms with Crippen molar-refractivity contribution in [2.24, 2.45) is 0 Å². The average molecular weight is 467 g/mol. The van der Waals surface area contributed by atoms with Gasteiger partial charge in [0.1, 0.15) is 12.2 Å². The van der Waals surface area contributed by atoms with Gasteiger partial charge in [-0.3, -0.25) is 0 Å². The van der Waals surface area contributed by atoms with Gasteiger partial charge in [-0.1, -0.05) is 30.3 Å². The van der Waals surface area contributed by atoms with Crippen LogP contribution in [0.4, 0.5) is 24.5 Å². The molecule has 8 heteroatoms. The van der Waals surface area contributed by atoms with Crippen LogP contribution < -0.4 is 10.9 Å². The molecule has 0 spiro atoms. The van der Waals surface area contributed by atoms with Crippen LogP contribution in [0, 0.1) is 13.8 Å². The van der Waals surface area contributed by atoms with Gasteiger partial charge in [0.2, 0.25) is 0 Å². The Labute approximate surface area is 192 Å². The first-order valence-electron chi connectivity index (χ1n) is 10.4. The molecule has 0 unspecified atom stereocenters. The van der Waals surface area contributed by atoms with Crippen LogP contribution in [-0.2, 0) is 17.5 Å². The Morgan fingerprint density at radius 1 is 1.00 bits per heavy atom. The molecule has 34 heavy (non-hydrogen) atoms. The molecule has 1 N–H and O–H groups in total. The van der Waals surface area contributed by atoms with Crippen molar-refractivity contribution in [2.75, 3.05) is 5.32 Å². The molecule has 174 valence electrons. The molecule has 1 aromatic heterocycles. The second-order valence-corrected chi connectivity index (χ2v) is 7.80. The van der Waals surface area contributed by atoms with Crippen molar-refractivity contribution in [1.82, 2.24) is 0 Å². The number of nitrogens with one attached hydrogen (secondary N) is 1. The zero-order valence-electron chi connectivity index (χ0n) is 18.3. The third-order valence-corrected chi connectivity index (χ3v) is 5.49. The molecule has 5 nitrogen and oxygen atoms in total. The normalized spacial score (nSPS) is 11.4. The van der Waals surface area contributed by atoms with E-state index in [0.717, 1.165) is 23.3 Å². The highest BCUT2D eigenvalue weighted by Gasteiger charge is 2.30. The van der Waals surface area contributed by atoms with E-state index in [1.54, 1.807) is 24.3 Å². The SMILES string of the molecule is Cc1ccc2c(COC(=O)c3ccccc3Nc3cccc(C(F)(F)F)c3)cc(=O)oc2c1C. The molecule has 0 bridgehead atoms. The van der Waals surface area contributed by atoms with Gasteiger partial charge in [-0.2, -0.15) is 13.2 Å². The van der Waals surface area contributed by atoms with Gasteiger partial charge in [0, 0.05) is 22.7 Å². The largest absolute Gasteiger partial charge is 0.457 e. The predicted molar refractivity (Wildman–Crippen MR) is 122 cm³/mol. The molecule has 0 saturated heterocycles. The number of carbonyl (C=O) groups is 1. The maximum Gasteiger partial charge on any atom is 0.416 e. The molecule has 0 atom stereocenters. The first-order chi connectivity index (χ1) is 16.1. The van der Waals surface area contributed by atoms with Gasteiger partial charge >= 0.3 is 17.8 Å². The van der Waals surface area contributed by atoms with E-state index < -0.39 is 23.3 Å². The zero-order chi connectivity index (χ0) is 24.5. The Morgan fingerprint density at radius 3 is 2.53 bits per heavy atom. The van der Waals surface area contributed by atoms with Crippen molar-refractivity contribution < 1.29 is 27.1 Å². The minimum absolute atomic E-state index is 0.138. The lowest BCUT2D eigenvalue weighted by atomic mass is 10.0. The minimum atomic E-state index is -4.49. The first kappa shape index (κ1) is 23.1. The van der Waals surface area contributed by atoms with Crippen molar-refractivity contribution in [3.8, 4) is 0 Å². The Hall–Kier alpha value is -4.07. The summed E-state index contributed by atoms with van der Waals surface area (Å²) in [4.78, 5) is 24.9. The monoisotopic (exact) mass is 467 g/mol. The fourth-order valence-electron chi connectivity index (χ4n) is 3.56. The van der Waals surface area contributed by atoms with E-state index in [1.807, 2.05) is 19.9 Å². The summed E-state index contributed by atoms with van der Waals surface area (Å²) in [5, 5.41) is 3.51. The van der Waals surface area contributed by atoms with Crippen molar-refractivity contribution in [3.63, 3.8) is 0 Å². The van der Waals surface area contributed by atoms with Gasteiger partial charge in [-0.05, 0) is 55.3 Å². The summed E-state index contributed by atoms with van der Waals surface area (Å²) in [6.07, 6.45) is -4.49. The quantitative estimate of drug-likeness (QED) is 0.267. The van der Waals surface area contributed by atoms with Gasteiger partial charge < -0.3 is 14.5 Å². The molecule has 3 aromatic carbocycles. The topological polar surface area (TPSA) is 68.5 Å². The van der Waals surface area contributed by atoms with Gasteiger partial charge in [0.25, 0.3) is 0 Å². The lowest BCUT2D eigenvalue weighted by Crippen LogP contribution is -2.10. The maximum atomic E-state index is 13.0. The number of halogens is 3. The molecule has 0 aliphatic rings. The molecular weight excluding hydrogens is 447 g/mol. The summed E-state index contributed by atoms with van der Waals surface area (Å²) in [6.45, 7) is 3.56. The highest BCUT2D eigenvalue weighted by molar-refractivity contribution is 5.96. The zero-order valence-corrected chi connectivity index (χ0v) is 18.3. The van der Waals surface area contributed by atoms with E-state index in [4.69, 9.17) is 9.15 Å². The summed E-state index contributed by atoms with van der Waals surface area (Å²) in [6, 6.07) is 16.0. The van der Waals surface area contributed by atoms with Crippen LogP contribution in [0.15, 0.2) is 75.9 Å². The smallest absolute Gasteiger partial charge is 0.416 e. The second-order valence-electron chi connectivity index (χ2n) is 7.80. The molecule has 0 amide bonds. The summed E-state index contributed by atoms with van der Waals surface area (Å²) >= 11 is 0. The van der Waals surface area contributed by atoms with Gasteiger partial charge in [0.15, 0.2) is 0 Å². The fourth-order valence-corrected chi connectivity index (χ4v) is 3.56. The Balaban J connectivity index is 1.58. The predicted octanol–water partition coefficient (Wildman–Crippen LogP) is 6.53. The Bertz CT molecular complexity index is 1440. The summed E-state index contributed by atoms with van der Waals surface area (Å²) in [5.41, 5.74) is 1.94. The third-order valence-electron chi connectivity index (χ3n) is 5.49. The summed E-state index contributed by atoms with van der Waals surface area (Å²) in [5.74, 6) is -0.694. The summed E-state index contributed by atoms with van der Waals surface area (Å²) < 4.78 is 49.9. The van der Waals surface area contributed by atoms with E-state index in [-0.39, 0.29) is 23.5 Å². The highest BCUT2D eigenvalue weighted by atomic mass is 19.4. The van der Waals surface area contributed by atoms with E-state index in [1.165, 1.54) is 24.3 Å². The van der Waals surface area contributed by atoms with Crippen LogP contribution in [0.25, 0.3) is 11.0 Å². The molecule has 0 radical (unpaired) electrons. The van der Waals surface area contributed by atoms with Gasteiger partial charge in [-0.15, -0.1) is 0 Å². The van der Waals surface area contributed by atoms with Crippen molar-refractivity contribution in [3.05, 3.63) is 105 Å². The van der Waals surface area contributed by atoms with E-state index in [0.29, 0.717) is 16.5 Å². The number of hydrogen-bond acceptors (Lipinski definition) is 5. The van der Waals surface area contributed by atoms with Crippen LogP contribution in [0.2, 0.25) is 0 Å². The number of alkyl halides is 3. The van der Waals surface area contributed by atoms with E-state index in [9.17, 15) is 22.8 Å². The average Bonchev–Trinajstić information content (AvgIpc) is 2.80. The first-order valence-corrected chi connectivity index (χ1v) is 10.4. The third kappa shape index (κ3) is 4.80. The number of ether oxygens (including phenoxy) is 1. The number of fused-ring (bicyclic) bond motifs is 1. The van der Waals surface area contributed by atoms with Crippen LogP contribution in [0.1, 0.15) is 32.6 Å². The van der Waals surface area contributed by atoms with Crippen LogP contribution >= 0.6 is 0 Å². The number of anilines is 2. The second kappa shape index (κ2) is 9.05. The van der Waals surface area contributed by atoms with E-state index >= 15 is 0 Å². The number of para-hydroxylation sites is 1. The number of aryl methyl sites for hydroxylation is 2. The Morgan fingerprint density at radius 2 is 1.76 bits per heavy atom. The van der Waals surface area contributed by atoms with Crippen molar-refractivity contribution in [2.45, 2.75) is 26.6 Å². The number of benzene rings is 3. The van der Waals surface area contributed by atoms with Crippen LogP contribution in [0.5, 0.6) is 0 Å². The molecule has 4 rings (SSSR count). The number of carbonyl (C=O) groups excluding carboxylic acids is 1. The Kier molecular flexibility index (Phi) is 6.15. The molecule has 1 heterocycles. The lowest BCUT2D eigenvalue weighted by Gasteiger charge is -2.14. The maximum absolute atomic E-state index is 13.0. The van der Waals surface area contributed by atoms with Crippen molar-refractivity contribution >= 4 is 28.3 Å². The molecule has 0 aliphatic heterocycles. The number of rotatable bonds is 5. The molecule has 0 saturated carbocycles. The summed E-state index contributed by atoms with van der Waals surface area (Å²) in [7, 11) is 0. The molecule has 4 aromatic rings. The van der Waals surface area contributed by atoms with Crippen LogP contribution in [0.3, 0.4) is 0 Å². The van der Waals surface area contributed by atoms with Crippen molar-refractivity contribution in [1.29, 1.82) is 0 Å². The standard InChI is InChI=1S/C26H20F3NO4/c1-15-10-11-20-17(12-23(31)34-24(20)16(15)2)14-33-25(32)21-8-3-4-9-22(21)30-19-7-5-6-18(13-19)26(27,28)29/h3-13,30H,14H2,1-2H3. The van der Waals surface area contributed by atoms with Gasteiger partial charge in [0.05, 0.1) is 16.8 Å². The molecule has 0 aliphatic carbocycles. The lowest BCUT2D eigenvalue weighted by molar-refractivity contribution is -0.137. The number of hydrogen-bond donors (Lipinski definition) is 1. The fraction of sp³-hybridized carbons (Fsp3) is 0.154. The minimum Gasteiger partial charge on any atom is -0.457 e. The molecular formula is C26H20F3NO4. The van der Waals surface area contributed by atoms with E-state index in [2.05, 4.69) is 5.32 Å². The number of esters is 1. The van der Waals surface area contributed by atoms with Gasteiger partial charge in [-0.25, -0.2) is 9.59 Å². The molecule has 0 fully saturated rings. The highest BCUT2D eigenvalue weighted by Crippen LogP contribution is 2.32. The van der Waals surface area contributed by atoms with Crippen LogP contribution in [-0.4, -0.2) is 5.97 Å².